The zero-order valence-electron chi connectivity index (χ0n) is 30.6. The summed E-state index contributed by atoms with van der Waals surface area (Å²) in [4.78, 5) is 2.33. The van der Waals surface area contributed by atoms with Crippen molar-refractivity contribution in [3.8, 4) is 33.4 Å². The van der Waals surface area contributed by atoms with Crippen LogP contribution in [0.1, 0.15) is 0 Å². The molecule has 0 radical (unpaired) electrons. The first-order valence-corrected chi connectivity index (χ1v) is 19.2. The van der Waals surface area contributed by atoms with Gasteiger partial charge in [0, 0.05) is 33.4 Å². The fraction of sp³-hybridized carbons (Fsp3) is 0. The average Bonchev–Trinajstić information content (AvgIpc) is 3.66. The summed E-state index contributed by atoms with van der Waals surface area (Å²) >= 11 is 0. The molecule has 1 heterocycles. The van der Waals surface area contributed by atoms with Gasteiger partial charge in [-0.3, -0.25) is 0 Å². The largest absolute Gasteiger partial charge is 0.455 e. The summed E-state index contributed by atoms with van der Waals surface area (Å²) in [7, 11) is 0. The molecule has 0 aliphatic carbocycles. The number of para-hydroxylation sites is 2. The van der Waals surface area contributed by atoms with Crippen LogP contribution in [0.4, 0.5) is 17.1 Å². The first-order valence-electron chi connectivity index (χ1n) is 19.2. The smallest absolute Gasteiger partial charge is 0.143 e. The summed E-state index contributed by atoms with van der Waals surface area (Å²) in [6, 6.07) is 76.4. The molecule has 1 aromatic heterocycles. The number of hydrogen-bond donors (Lipinski definition) is 0. The van der Waals surface area contributed by atoms with Gasteiger partial charge in [0.25, 0.3) is 0 Å². The standard InChI is InChI=1S/C54H35NO/c1-2-9-36(10-3-1)37-17-26-43(27-18-37)55(45-30-21-40(22-31-45)48-14-8-15-52-51-13-6-7-16-53(51)56-54(48)52)44-28-19-38(20-29-44)41-24-32-47-42(35-41)25-34-49-46-12-5-4-11-39(46)23-33-50(47)49/h1-35H. The Bertz CT molecular complexity index is 3210. The zero-order valence-corrected chi connectivity index (χ0v) is 30.6. The molecule has 262 valence electrons. The Morgan fingerprint density at radius 1 is 0.286 bits per heavy atom. The summed E-state index contributed by atoms with van der Waals surface area (Å²) in [6.45, 7) is 0. The van der Waals surface area contributed by atoms with E-state index in [-0.39, 0.29) is 0 Å². The second-order valence-electron chi connectivity index (χ2n) is 14.5. The molecule has 0 N–H and O–H groups in total. The zero-order chi connectivity index (χ0) is 37.0. The first kappa shape index (κ1) is 32.0. The van der Waals surface area contributed by atoms with Crippen molar-refractivity contribution in [2.45, 2.75) is 0 Å². The molecular weight excluding hydrogens is 679 g/mol. The number of anilines is 3. The molecule has 0 saturated carbocycles. The van der Waals surface area contributed by atoms with Crippen LogP contribution in [0.2, 0.25) is 0 Å². The number of benzene rings is 10. The summed E-state index contributed by atoms with van der Waals surface area (Å²) in [6.07, 6.45) is 0. The monoisotopic (exact) mass is 713 g/mol. The fourth-order valence-electron chi connectivity index (χ4n) is 8.46. The van der Waals surface area contributed by atoms with E-state index in [2.05, 4.69) is 205 Å². The maximum atomic E-state index is 6.40. The lowest BCUT2D eigenvalue weighted by Crippen LogP contribution is -2.09. The second kappa shape index (κ2) is 13.2. The van der Waals surface area contributed by atoms with Crippen molar-refractivity contribution >= 4 is 71.3 Å². The third kappa shape index (κ3) is 5.42. The van der Waals surface area contributed by atoms with Gasteiger partial charge in [-0.15, -0.1) is 0 Å². The van der Waals surface area contributed by atoms with E-state index in [4.69, 9.17) is 4.42 Å². The van der Waals surface area contributed by atoms with Crippen LogP contribution >= 0.6 is 0 Å². The highest BCUT2D eigenvalue weighted by Gasteiger charge is 2.16. The van der Waals surface area contributed by atoms with Gasteiger partial charge in [-0.2, -0.15) is 0 Å². The number of hydrogen-bond acceptors (Lipinski definition) is 2. The van der Waals surface area contributed by atoms with Gasteiger partial charge in [-0.1, -0.05) is 164 Å². The average molecular weight is 714 g/mol. The lowest BCUT2D eigenvalue weighted by Gasteiger charge is -2.26. The molecule has 0 bridgehead atoms. The molecule has 0 aliphatic heterocycles. The Morgan fingerprint density at radius 2 is 0.786 bits per heavy atom. The van der Waals surface area contributed by atoms with Crippen molar-refractivity contribution in [2.24, 2.45) is 0 Å². The summed E-state index contributed by atoms with van der Waals surface area (Å²) in [5.74, 6) is 0. The van der Waals surface area contributed by atoms with E-state index in [1.807, 2.05) is 12.1 Å². The molecule has 0 saturated heterocycles. The van der Waals surface area contributed by atoms with Gasteiger partial charge >= 0.3 is 0 Å². The molecule has 2 nitrogen and oxygen atoms in total. The van der Waals surface area contributed by atoms with Gasteiger partial charge in [0.2, 0.25) is 0 Å². The van der Waals surface area contributed by atoms with E-state index in [1.165, 1.54) is 54.6 Å². The van der Waals surface area contributed by atoms with Crippen LogP contribution in [-0.2, 0) is 0 Å². The predicted molar refractivity (Wildman–Crippen MR) is 237 cm³/mol. The SMILES string of the molecule is c1ccc(-c2ccc(N(c3ccc(-c4ccc5c(ccc6c7ccccc7ccc56)c4)cc3)c3ccc(-c4cccc5c4oc4ccccc45)cc3)cc2)cc1. The van der Waals surface area contributed by atoms with E-state index < -0.39 is 0 Å². The van der Waals surface area contributed by atoms with Crippen molar-refractivity contribution in [1.82, 2.24) is 0 Å². The van der Waals surface area contributed by atoms with Crippen molar-refractivity contribution in [3.05, 3.63) is 212 Å². The molecule has 0 unspecified atom stereocenters. The van der Waals surface area contributed by atoms with Crippen LogP contribution in [0.25, 0.3) is 87.6 Å². The second-order valence-corrected chi connectivity index (χ2v) is 14.5. The molecule has 11 rings (SSSR count). The molecule has 0 aliphatic rings. The minimum absolute atomic E-state index is 0.908. The minimum Gasteiger partial charge on any atom is -0.455 e. The normalized spacial score (nSPS) is 11.6. The van der Waals surface area contributed by atoms with Gasteiger partial charge in [0.15, 0.2) is 0 Å². The highest BCUT2D eigenvalue weighted by atomic mass is 16.3. The lowest BCUT2D eigenvalue weighted by atomic mass is 9.95. The quantitative estimate of drug-likeness (QED) is 0.160. The molecular formula is C54H35NO. The number of rotatable bonds is 6. The van der Waals surface area contributed by atoms with Crippen molar-refractivity contribution in [1.29, 1.82) is 0 Å². The fourth-order valence-corrected chi connectivity index (χ4v) is 8.46. The summed E-state index contributed by atoms with van der Waals surface area (Å²) < 4.78 is 6.40. The molecule has 0 amide bonds. The maximum absolute atomic E-state index is 6.40. The van der Waals surface area contributed by atoms with Crippen LogP contribution < -0.4 is 4.90 Å². The van der Waals surface area contributed by atoms with Crippen molar-refractivity contribution in [3.63, 3.8) is 0 Å². The number of nitrogens with zero attached hydrogens (tertiary/aromatic N) is 1. The molecule has 2 heteroatoms. The van der Waals surface area contributed by atoms with Gasteiger partial charge < -0.3 is 9.32 Å². The Hall–Kier alpha value is -7.42. The Kier molecular flexibility index (Phi) is 7.53. The Morgan fingerprint density at radius 3 is 1.50 bits per heavy atom. The summed E-state index contributed by atoms with van der Waals surface area (Å²) in [5.41, 5.74) is 12.1. The Labute approximate surface area is 325 Å². The first-order chi connectivity index (χ1) is 27.7. The number of fused-ring (bicyclic) bond motifs is 8. The van der Waals surface area contributed by atoms with Gasteiger partial charge in [-0.25, -0.2) is 0 Å². The van der Waals surface area contributed by atoms with Gasteiger partial charge in [-0.05, 0) is 109 Å². The van der Waals surface area contributed by atoms with Crippen LogP contribution in [0.5, 0.6) is 0 Å². The van der Waals surface area contributed by atoms with Crippen molar-refractivity contribution < 1.29 is 4.42 Å². The molecule has 0 atom stereocenters. The topological polar surface area (TPSA) is 16.4 Å². The van der Waals surface area contributed by atoms with E-state index in [0.717, 1.165) is 50.1 Å². The number of furan rings is 1. The van der Waals surface area contributed by atoms with Gasteiger partial charge in [0.05, 0.1) is 0 Å². The van der Waals surface area contributed by atoms with Crippen LogP contribution in [0, 0.1) is 0 Å². The van der Waals surface area contributed by atoms with Crippen LogP contribution in [-0.4, -0.2) is 0 Å². The maximum Gasteiger partial charge on any atom is 0.143 e. The third-order valence-electron chi connectivity index (χ3n) is 11.3. The predicted octanol–water partition coefficient (Wildman–Crippen LogP) is 15.5. The van der Waals surface area contributed by atoms with E-state index in [0.29, 0.717) is 0 Å². The summed E-state index contributed by atoms with van der Waals surface area (Å²) in [5, 5.41) is 9.95. The van der Waals surface area contributed by atoms with Crippen LogP contribution in [0.3, 0.4) is 0 Å². The van der Waals surface area contributed by atoms with E-state index in [1.54, 1.807) is 0 Å². The molecule has 0 fully saturated rings. The molecule has 10 aromatic carbocycles. The Balaban J connectivity index is 0.966. The third-order valence-corrected chi connectivity index (χ3v) is 11.3. The van der Waals surface area contributed by atoms with Crippen LogP contribution in [0.15, 0.2) is 217 Å². The molecule has 0 spiro atoms. The highest BCUT2D eigenvalue weighted by molar-refractivity contribution is 6.17. The van der Waals surface area contributed by atoms with Gasteiger partial charge in [0.1, 0.15) is 11.2 Å². The highest BCUT2D eigenvalue weighted by Crippen LogP contribution is 2.40. The van der Waals surface area contributed by atoms with E-state index >= 15 is 0 Å². The lowest BCUT2D eigenvalue weighted by molar-refractivity contribution is 0.670. The molecule has 11 aromatic rings. The van der Waals surface area contributed by atoms with E-state index in [9.17, 15) is 0 Å². The molecule has 56 heavy (non-hydrogen) atoms. The minimum atomic E-state index is 0.908. The van der Waals surface area contributed by atoms with Crippen molar-refractivity contribution in [2.75, 3.05) is 4.90 Å².